The molecule has 0 atom stereocenters. The number of anilines is 2. The van der Waals surface area contributed by atoms with Gasteiger partial charge >= 0.3 is 0 Å². The van der Waals surface area contributed by atoms with E-state index in [1.54, 1.807) is 43.5 Å². The smallest absolute Gasteiger partial charge is 0.255 e. The molecule has 0 aromatic heterocycles. The van der Waals surface area contributed by atoms with E-state index in [0.29, 0.717) is 22.7 Å². The second-order valence-corrected chi connectivity index (χ2v) is 5.75. The fourth-order valence-electron chi connectivity index (χ4n) is 1.64. The third-order valence-corrected chi connectivity index (χ3v) is 3.96. The van der Waals surface area contributed by atoms with Gasteiger partial charge in [-0.3, -0.25) is 4.79 Å². The number of nitrogens with one attached hydrogen (secondary N) is 1. The number of nitrogen functional groups attached to an aromatic ring is 1. The van der Waals surface area contributed by atoms with Crippen LogP contribution in [0.25, 0.3) is 0 Å². The highest BCUT2D eigenvalue weighted by atomic mass is 79.9. The van der Waals surface area contributed by atoms with Gasteiger partial charge in [0.05, 0.1) is 17.3 Å². The Bertz CT molecular complexity index is 660. The van der Waals surface area contributed by atoms with Gasteiger partial charge in [0.2, 0.25) is 0 Å². The minimum absolute atomic E-state index is 0.223. The zero-order valence-corrected chi connectivity index (χ0v) is 13.8. The Balaban J connectivity index is 2.24. The summed E-state index contributed by atoms with van der Waals surface area (Å²) in [5.41, 5.74) is 7.44. The van der Waals surface area contributed by atoms with E-state index in [2.05, 4.69) is 37.2 Å². The molecule has 0 unspecified atom stereocenters. The minimum atomic E-state index is -0.223. The molecule has 6 heteroatoms. The van der Waals surface area contributed by atoms with Crippen LogP contribution in [0.4, 0.5) is 11.4 Å². The molecule has 2 aromatic carbocycles. The highest BCUT2D eigenvalue weighted by Crippen LogP contribution is 2.28. The maximum atomic E-state index is 12.2. The molecule has 0 spiro atoms. The van der Waals surface area contributed by atoms with Crippen LogP contribution in [0.3, 0.4) is 0 Å². The highest BCUT2D eigenvalue weighted by Gasteiger charge is 2.11. The molecule has 3 N–H and O–H groups in total. The second-order valence-electron chi connectivity index (χ2n) is 4.04. The van der Waals surface area contributed by atoms with Gasteiger partial charge in [0.25, 0.3) is 5.91 Å². The molecule has 2 aromatic rings. The highest BCUT2D eigenvalue weighted by molar-refractivity contribution is 9.11. The molecule has 0 aliphatic carbocycles. The Morgan fingerprint density at radius 3 is 2.55 bits per heavy atom. The van der Waals surface area contributed by atoms with Crippen LogP contribution in [-0.4, -0.2) is 13.0 Å². The van der Waals surface area contributed by atoms with E-state index >= 15 is 0 Å². The summed E-state index contributed by atoms with van der Waals surface area (Å²) in [6.07, 6.45) is 0. The number of carbonyl (C=O) groups excluding carboxylic acids is 1. The predicted molar refractivity (Wildman–Crippen MR) is 87.2 cm³/mol. The first-order valence-corrected chi connectivity index (χ1v) is 7.30. The number of ether oxygens (including phenoxy) is 1. The van der Waals surface area contributed by atoms with Crippen molar-refractivity contribution in [2.24, 2.45) is 0 Å². The molecule has 20 heavy (non-hydrogen) atoms. The Morgan fingerprint density at radius 2 is 1.90 bits per heavy atom. The summed E-state index contributed by atoms with van der Waals surface area (Å²) in [6, 6.07) is 10.4. The molecule has 0 radical (unpaired) electrons. The number of methoxy groups -OCH3 is 1. The molecule has 1 amide bonds. The van der Waals surface area contributed by atoms with Gasteiger partial charge in [-0.2, -0.15) is 0 Å². The van der Waals surface area contributed by atoms with Crippen LogP contribution >= 0.6 is 31.9 Å². The molecular formula is C14H12Br2N2O2. The van der Waals surface area contributed by atoms with E-state index in [9.17, 15) is 4.79 Å². The van der Waals surface area contributed by atoms with Gasteiger partial charge in [-0.05, 0) is 68.3 Å². The normalized spacial score (nSPS) is 10.2. The van der Waals surface area contributed by atoms with E-state index in [-0.39, 0.29) is 5.91 Å². The Hall–Kier alpha value is -1.53. The average Bonchev–Trinajstić information content (AvgIpc) is 2.42. The number of halogens is 2. The number of nitrogens with two attached hydrogens (primary N) is 1. The van der Waals surface area contributed by atoms with Gasteiger partial charge in [-0.25, -0.2) is 0 Å². The average molecular weight is 400 g/mol. The first-order valence-electron chi connectivity index (χ1n) is 5.71. The van der Waals surface area contributed by atoms with Crippen molar-refractivity contribution in [3.05, 3.63) is 50.9 Å². The first-order chi connectivity index (χ1) is 9.51. The quantitative estimate of drug-likeness (QED) is 0.765. The maximum absolute atomic E-state index is 12.2. The predicted octanol–water partition coefficient (Wildman–Crippen LogP) is 4.05. The van der Waals surface area contributed by atoms with Gasteiger partial charge in [-0.1, -0.05) is 0 Å². The number of amides is 1. The molecule has 0 bridgehead atoms. The van der Waals surface area contributed by atoms with E-state index in [4.69, 9.17) is 10.5 Å². The minimum Gasteiger partial charge on any atom is -0.496 e. The molecule has 104 valence electrons. The summed E-state index contributed by atoms with van der Waals surface area (Å²) < 4.78 is 6.62. The Labute approximate surface area is 133 Å². The third-order valence-electron chi connectivity index (χ3n) is 2.65. The SMILES string of the molecule is COc1ccc(C(=O)Nc2cc(N)ccc2Br)cc1Br. The van der Waals surface area contributed by atoms with E-state index in [0.717, 1.165) is 8.95 Å². The lowest BCUT2D eigenvalue weighted by atomic mass is 10.2. The molecule has 0 aliphatic heterocycles. The van der Waals surface area contributed by atoms with Crippen molar-refractivity contribution < 1.29 is 9.53 Å². The largest absolute Gasteiger partial charge is 0.496 e. The van der Waals surface area contributed by atoms with Crippen molar-refractivity contribution in [2.45, 2.75) is 0 Å². The monoisotopic (exact) mass is 398 g/mol. The lowest BCUT2D eigenvalue weighted by Gasteiger charge is -2.09. The topological polar surface area (TPSA) is 64.3 Å². The summed E-state index contributed by atoms with van der Waals surface area (Å²) in [6.45, 7) is 0. The molecule has 4 nitrogen and oxygen atoms in total. The maximum Gasteiger partial charge on any atom is 0.255 e. The third kappa shape index (κ3) is 3.32. The Kier molecular flexibility index (Phi) is 4.67. The summed E-state index contributed by atoms with van der Waals surface area (Å²) in [4.78, 5) is 12.2. The standard InChI is InChI=1S/C14H12Br2N2O2/c1-20-13-5-2-8(6-11(13)16)14(19)18-12-7-9(17)3-4-10(12)15/h2-7H,17H2,1H3,(H,18,19). The summed E-state index contributed by atoms with van der Waals surface area (Å²) in [5, 5.41) is 2.80. The van der Waals surface area contributed by atoms with Gasteiger partial charge in [0.1, 0.15) is 5.75 Å². The fourth-order valence-corrected chi connectivity index (χ4v) is 2.53. The lowest BCUT2D eigenvalue weighted by Crippen LogP contribution is -2.12. The van der Waals surface area contributed by atoms with Crippen LogP contribution in [0, 0.1) is 0 Å². The number of carbonyl (C=O) groups is 1. The molecule has 0 saturated carbocycles. The van der Waals surface area contributed by atoms with E-state index in [1.165, 1.54) is 0 Å². The van der Waals surface area contributed by atoms with Gasteiger partial charge in [-0.15, -0.1) is 0 Å². The number of benzene rings is 2. The van der Waals surface area contributed by atoms with Gasteiger partial charge in [0.15, 0.2) is 0 Å². The summed E-state index contributed by atoms with van der Waals surface area (Å²) in [7, 11) is 1.57. The number of hydrogen-bond donors (Lipinski definition) is 2. The fraction of sp³-hybridized carbons (Fsp3) is 0.0714. The van der Waals surface area contributed by atoms with Crippen molar-refractivity contribution in [2.75, 3.05) is 18.2 Å². The second kappa shape index (κ2) is 6.28. The van der Waals surface area contributed by atoms with Crippen molar-refractivity contribution >= 4 is 49.1 Å². The summed E-state index contributed by atoms with van der Waals surface area (Å²) >= 11 is 6.72. The van der Waals surface area contributed by atoms with Gasteiger partial charge < -0.3 is 15.8 Å². The number of rotatable bonds is 3. The first kappa shape index (κ1) is 14.9. The molecule has 0 saturated heterocycles. The van der Waals surface area contributed by atoms with Crippen molar-refractivity contribution in [3.8, 4) is 5.75 Å². The summed E-state index contributed by atoms with van der Waals surface area (Å²) in [5.74, 6) is 0.450. The van der Waals surface area contributed by atoms with Gasteiger partial charge in [0, 0.05) is 15.7 Å². The van der Waals surface area contributed by atoms with Crippen LogP contribution in [-0.2, 0) is 0 Å². The van der Waals surface area contributed by atoms with Crippen LogP contribution in [0.5, 0.6) is 5.75 Å². The zero-order chi connectivity index (χ0) is 14.7. The van der Waals surface area contributed by atoms with E-state index in [1.807, 2.05) is 0 Å². The van der Waals surface area contributed by atoms with Crippen LogP contribution in [0.2, 0.25) is 0 Å². The van der Waals surface area contributed by atoms with Crippen LogP contribution in [0.1, 0.15) is 10.4 Å². The van der Waals surface area contributed by atoms with Crippen LogP contribution < -0.4 is 15.8 Å². The molecule has 0 fully saturated rings. The lowest BCUT2D eigenvalue weighted by molar-refractivity contribution is 0.102. The molecular weight excluding hydrogens is 388 g/mol. The van der Waals surface area contributed by atoms with E-state index < -0.39 is 0 Å². The van der Waals surface area contributed by atoms with Crippen molar-refractivity contribution in [3.63, 3.8) is 0 Å². The molecule has 0 heterocycles. The van der Waals surface area contributed by atoms with Crippen molar-refractivity contribution in [1.82, 2.24) is 0 Å². The number of hydrogen-bond acceptors (Lipinski definition) is 3. The van der Waals surface area contributed by atoms with Crippen LogP contribution in [0.15, 0.2) is 45.3 Å². The van der Waals surface area contributed by atoms with Crippen molar-refractivity contribution in [1.29, 1.82) is 0 Å². The molecule has 0 aliphatic rings. The zero-order valence-electron chi connectivity index (χ0n) is 10.6. The Morgan fingerprint density at radius 1 is 1.15 bits per heavy atom. The molecule has 2 rings (SSSR count).